The van der Waals surface area contributed by atoms with Crippen molar-refractivity contribution in [2.45, 2.75) is 45.6 Å². The molecule has 1 aliphatic rings. The molecule has 2 rings (SSSR count). The number of nitrogens with zero attached hydrogens (tertiary/aromatic N) is 1. The van der Waals surface area contributed by atoms with E-state index in [0.717, 1.165) is 17.7 Å². The average Bonchev–Trinajstić information content (AvgIpc) is 3.15. The summed E-state index contributed by atoms with van der Waals surface area (Å²) < 4.78 is 5.49. The zero-order chi connectivity index (χ0) is 15.6. The monoisotopic (exact) mass is 311 g/mol. The van der Waals surface area contributed by atoms with Crippen LogP contribution in [0.3, 0.4) is 0 Å². The van der Waals surface area contributed by atoms with E-state index in [-0.39, 0.29) is 23.3 Å². The van der Waals surface area contributed by atoms with E-state index in [1.165, 1.54) is 11.3 Å². The minimum absolute atomic E-state index is 0.0753. The lowest BCUT2D eigenvalue weighted by Crippen LogP contribution is -2.36. The molecule has 1 saturated carbocycles. The van der Waals surface area contributed by atoms with Crippen molar-refractivity contribution in [3.8, 4) is 5.75 Å². The van der Waals surface area contributed by atoms with Gasteiger partial charge in [-0.3, -0.25) is 4.79 Å². The van der Waals surface area contributed by atoms with Gasteiger partial charge in [0.15, 0.2) is 11.5 Å². The van der Waals surface area contributed by atoms with Gasteiger partial charge in [-0.2, -0.15) is 0 Å². The molecule has 0 saturated heterocycles. The van der Waals surface area contributed by atoms with Crippen LogP contribution >= 0.6 is 11.3 Å². The highest BCUT2D eigenvalue weighted by molar-refractivity contribution is 7.14. The summed E-state index contributed by atoms with van der Waals surface area (Å²) in [5.41, 5.74) is 0. The normalized spacial score (nSPS) is 14.3. The third kappa shape index (κ3) is 3.75. The van der Waals surface area contributed by atoms with E-state index in [9.17, 15) is 14.7 Å². The van der Waals surface area contributed by atoms with Crippen molar-refractivity contribution in [3.05, 3.63) is 15.8 Å². The molecular weight excluding hydrogens is 290 g/mol. The molecule has 116 valence electrons. The van der Waals surface area contributed by atoms with Crippen molar-refractivity contribution in [2.24, 2.45) is 0 Å². The first-order valence-corrected chi connectivity index (χ1v) is 8.05. The molecule has 1 fully saturated rings. The van der Waals surface area contributed by atoms with Crippen LogP contribution < -0.4 is 4.74 Å². The molecule has 1 aromatic rings. The van der Waals surface area contributed by atoms with Crippen LogP contribution in [-0.2, 0) is 4.79 Å². The van der Waals surface area contributed by atoms with Crippen molar-refractivity contribution in [1.29, 1.82) is 0 Å². The van der Waals surface area contributed by atoms with Crippen molar-refractivity contribution in [3.63, 3.8) is 0 Å². The largest absolute Gasteiger partial charge is 0.482 e. The first kappa shape index (κ1) is 15.8. The summed E-state index contributed by atoms with van der Waals surface area (Å²) in [4.78, 5) is 26.3. The summed E-state index contributed by atoms with van der Waals surface area (Å²) >= 11 is 1.21. The molecule has 5 nitrogen and oxygen atoms in total. The Morgan fingerprint density at radius 1 is 1.48 bits per heavy atom. The number of amides is 1. The molecule has 1 N–H and O–H groups in total. The maximum atomic E-state index is 12.1. The number of aromatic carboxylic acids is 1. The number of rotatable bonds is 7. The second-order valence-electron chi connectivity index (χ2n) is 5.50. The Kier molecular flexibility index (Phi) is 4.88. The van der Waals surface area contributed by atoms with E-state index in [0.29, 0.717) is 18.3 Å². The van der Waals surface area contributed by atoms with Crippen molar-refractivity contribution in [2.75, 3.05) is 13.2 Å². The van der Waals surface area contributed by atoms with Crippen molar-refractivity contribution in [1.82, 2.24) is 4.90 Å². The smallest absolute Gasteiger partial charge is 0.349 e. The Morgan fingerprint density at radius 2 is 2.14 bits per heavy atom. The third-order valence-electron chi connectivity index (χ3n) is 3.48. The molecule has 0 radical (unpaired) electrons. The minimum atomic E-state index is -1.01. The first-order chi connectivity index (χ1) is 9.93. The second-order valence-corrected chi connectivity index (χ2v) is 6.59. The van der Waals surface area contributed by atoms with Crippen molar-refractivity contribution >= 4 is 23.2 Å². The summed E-state index contributed by atoms with van der Waals surface area (Å²) in [6, 6.07) is 2.08. The number of ether oxygens (including phenoxy) is 1. The Balaban J connectivity index is 2.04. The topological polar surface area (TPSA) is 66.8 Å². The van der Waals surface area contributed by atoms with E-state index >= 15 is 0 Å². The predicted octanol–water partition coefficient (Wildman–Crippen LogP) is 2.96. The number of likely N-dealkylation sites (N-methyl/N-ethyl adjacent to an activating group) is 1. The quantitative estimate of drug-likeness (QED) is 0.840. The summed E-state index contributed by atoms with van der Waals surface area (Å²) in [5.74, 6) is -0.548. The molecule has 21 heavy (non-hydrogen) atoms. The van der Waals surface area contributed by atoms with Gasteiger partial charge in [0.2, 0.25) is 0 Å². The van der Waals surface area contributed by atoms with E-state index in [2.05, 4.69) is 0 Å². The van der Waals surface area contributed by atoms with E-state index in [1.807, 2.05) is 20.8 Å². The van der Waals surface area contributed by atoms with Gasteiger partial charge in [-0.15, -0.1) is 11.3 Å². The number of hydrogen-bond donors (Lipinski definition) is 1. The van der Waals surface area contributed by atoms with Crippen LogP contribution in [0.25, 0.3) is 0 Å². The number of carboxylic acid groups (broad SMARTS) is 1. The van der Waals surface area contributed by atoms with Crippen LogP contribution in [0.15, 0.2) is 6.07 Å². The molecule has 0 atom stereocenters. The van der Waals surface area contributed by atoms with Crippen LogP contribution in [-0.4, -0.2) is 41.1 Å². The first-order valence-electron chi connectivity index (χ1n) is 7.23. The van der Waals surface area contributed by atoms with Crippen LogP contribution in [0.4, 0.5) is 0 Å². The van der Waals surface area contributed by atoms with Crippen LogP contribution in [0, 0.1) is 0 Å². The molecule has 0 aromatic carbocycles. The Hall–Kier alpha value is -1.56. The van der Waals surface area contributed by atoms with Gasteiger partial charge in [-0.25, -0.2) is 4.79 Å². The van der Waals surface area contributed by atoms with Gasteiger partial charge in [0.1, 0.15) is 5.75 Å². The standard InChI is InChI=1S/C15H21NO4S/c1-4-16(10-5-6-10)13(17)8-20-11-7-12(9(2)3)21-14(11)15(18)19/h7,9-10H,4-6,8H2,1-3H3,(H,18,19). The van der Waals surface area contributed by atoms with Crippen molar-refractivity contribution < 1.29 is 19.4 Å². The average molecular weight is 311 g/mol. The predicted molar refractivity (Wildman–Crippen MR) is 81.3 cm³/mol. The molecule has 0 spiro atoms. The number of carbonyl (C=O) groups excluding carboxylic acids is 1. The van der Waals surface area contributed by atoms with Gasteiger partial charge in [0, 0.05) is 17.5 Å². The molecule has 0 aliphatic heterocycles. The lowest BCUT2D eigenvalue weighted by Gasteiger charge is -2.20. The minimum Gasteiger partial charge on any atom is -0.482 e. The summed E-state index contributed by atoms with van der Waals surface area (Å²) in [7, 11) is 0. The maximum Gasteiger partial charge on any atom is 0.349 e. The summed E-state index contributed by atoms with van der Waals surface area (Å²) in [6.07, 6.45) is 2.10. The van der Waals surface area contributed by atoms with Gasteiger partial charge in [-0.1, -0.05) is 13.8 Å². The lowest BCUT2D eigenvalue weighted by molar-refractivity contribution is -0.133. The fourth-order valence-electron chi connectivity index (χ4n) is 2.18. The molecule has 0 bridgehead atoms. The molecule has 1 heterocycles. The van der Waals surface area contributed by atoms with Gasteiger partial charge >= 0.3 is 5.97 Å². The fourth-order valence-corrected chi connectivity index (χ4v) is 3.12. The highest BCUT2D eigenvalue weighted by Crippen LogP contribution is 2.34. The van der Waals surface area contributed by atoms with Gasteiger partial charge in [-0.05, 0) is 31.7 Å². The molecule has 1 aliphatic carbocycles. The number of thiophene rings is 1. The lowest BCUT2D eigenvalue weighted by atomic mass is 10.2. The zero-order valence-corrected chi connectivity index (χ0v) is 13.4. The Morgan fingerprint density at radius 3 is 2.62 bits per heavy atom. The van der Waals surface area contributed by atoms with E-state index in [4.69, 9.17) is 4.74 Å². The maximum absolute atomic E-state index is 12.1. The Bertz CT molecular complexity index is 534. The SMILES string of the molecule is CCN(C(=O)COc1cc(C(C)C)sc1C(=O)O)C1CC1. The van der Waals surface area contributed by atoms with Gasteiger partial charge < -0.3 is 14.7 Å². The summed E-state index contributed by atoms with van der Waals surface area (Å²) in [5, 5.41) is 9.21. The highest BCUT2D eigenvalue weighted by atomic mass is 32.1. The van der Waals surface area contributed by atoms with Crippen LogP contribution in [0.1, 0.15) is 54.1 Å². The van der Waals surface area contributed by atoms with E-state index in [1.54, 1.807) is 11.0 Å². The summed E-state index contributed by atoms with van der Waals surface area (Å²) in [6.45, 7) is 6.51. The van der Waals surface area contributed by atoms with E-state index < -0.39 is 5.97 Å². The number of carboxylic acids is 1. The fraction of sp³-hybridized carbons (Fsp3) is 0.600. The molecule has 6 heteroatoms. The molecule has 1 amide bonds. The molecular formula is C15H21NO4S. The molecule has 1 aromatic heterocycles. The number of hydrogen-bond acceptors (Lipinski definition) is 4. The zero-order valence-electron chi connectivity index (χ0n) is 12.6. The second kappa shape index (κ2) is 6.47. The van der Waals surface area contributed by atoms with Crippen LogP contribution in [0.5, 0.6) is 5.75 Å². The van der Waals surface area contributed by atoms with Gasteiger partial charge in [0.05, 0.1) is 0 Å². The highest BCUT2D eigenvalue weighted by Gasteiger charge is 2.31. The number of carbonyl (C=O) groups is 2. The Labute approximate surface area is 128 Å². The molecule has 0 unspecified atom stereocenters. The third-order valence-corrected chi connectivity index (χ3v) is 4.89. The van der Waals surface area contributed by atoms with Gasteiger partial charge in [0.25, 0.3) is 5.91 Å². The van der Waals surface area contributed by atoms with Crippen LogP contribution in [0.2, 0.25) is 0 Å².